The number of nitrogens with zero attached hydrogens (tertiary/aromatic N) is 2. The molecule has 0 spiro atoms. The van der Waals surface area contributed by atoms with E-state index in [4.69, 9.17) is 23.9 Å². The molecule has 48 heavy (non-hydrogen) atoms. The molecule has 0 amide bonds. The number of hydrogen-bond donors (Lipinski definition) is 0. The van der Waals surface area contributed by atoms with Gasteiger partial charge in [-0.25, -0.2) is 9.79 Å². The second-order valence-corrected chi connectivity index (χ2v) is 13.1. The fourth-order valence-corrected chi connectivity index (χ4v) is 7.35. The lowest BCUT2D eigenvalue weighted by Crippen LogP contribution is -2.40. The van der Waals surface area contributed by atoms with Crippen molar-refractivity contribution < 1.29 is 23.7 Å². The summed E-state index contributed by atoms with van der Waals surface area (Å²) in [6.45, 7) is 4.35. The Bertz CT molecular complexity index is 2220. The molecule has 10 heteroatoms. The van der Waals surface area contributed by atoms with E-state index in [0.717, 1.165) is 32.8 Å². The summed E-state index contributed by atoms with van der Waals surface area (Å²) < 4.78 is 26.0. The maximum absolute atomic E-state index is 14.3. The molecular weight excluding hydrogens is 692 g/mol. The molecule has 0 unspecified atom stereocenters. The molecule has 8 nitrogen and oxygen atoms in total. The smallest absolute Gasteiger partial charge is 0.338 e. The molecule has 0 saturated carbocycles. The Morgan fingerprint density at radius 2 is 1.73 bits per heavy atom. The van der Waals surface area contributed by atoms with E-state index < -0.39 is 12.0 Å². The predicted octanol–water partition coefficient (Wildman–Crippen LogP) is 7.09. The minimum atomic E-state index is -0.796. The molecule has 1 aliphatic heterocycles. The van der Waals surface area contributed by atoms with Crippen LogP contribution in [0.15, 0.2) is 104 Å². The molecule has 0 radical (unpaired) electrons. The standard InChI is InChI=1S/C38H35BrN2O6S/c1-5-10-29-34(37(43)46-6-2)35(28-21-26(39)16-18-30(28)44-3)41-36(42)33(48-38(41)40-29)20-23-15-17-31(32(19-23)45-4)47-22-25-13-9-12-24-11-7-8-14-27(24)25/h7-9,11-21,35H,5-6,10,22H2,1-4H3/b33-20+/t35-/m0/s1. The molecule has 6 rings (SSSR count). The monoisotopic (exact) mass is 726 g/mol. The van der Waals surface area contributed by atoms with Crippen LogP contribution < -0.4 is 29.1 Å². The van der Waals surface area contributed by atoms with E-state index in [1.807, 2.05) is 67.6 Å². The number of thiazole rings is 1. The number of benzene rings is 4. The SMILES string of the molecule is CCCC1=C(C(=O)OCC)[C@H](c2cc(Br)ccc2OC)n2c(s/c(=C/c3ccc(OCc4cccc5ccccc45)c(OC)c3)c2=O)=N1. The second-order valence-electron chi connectivity index (χ2n) is 11.1. The first-order chi connectivity index (χ1) is 23.4. The normalized spacial score (nSPS) is 14.4. The van der Waals surface area contributed by atoms with Crippen LogP contribution in [0.5, 0.6) is 17.2 Å². The number of ether oxygens (including phenoxy) is 4. The summed E-state index contributed by atoms with van der Waals surface area (Å²) in [5, 5.41) is 2.29. The zero-order valence-electron chi connectivity index (χ0n) is 27.1. The van der Waals surface area contributed by atoms with Gasteiger partial charge in [-0.2, -0.15) is 0 Å². The van der Waals surface area contributed by atoms with Crippen molar-refractivity contribution in [3.8, 4) is 17.2 Å². The van der Waals surface area contributed by atoms with Crippen molar-refractivity contribution in [1.29, 1.82) is 0 Å². The van der Waals surface area contributed by atoms with E-state index >= 15 is 0 Å². The van der Waals surface area contributed by atoms with Gasteiger partial charge in [0.15, 0.2) is 16.3 Å². The van der Waals surface area contributed by atoms with Crippen LogP contribution in [-0.4, -0.2) is 31.4 Å². The Labute approximate surface area is 290 Å². The summed E-state index contributed by atoms with van der Waals surface area (Å²) in [6, 6.07) is 24.7. The number of hydrogen-bond acceptors (Lipinski definition) is 8. The molecule has 1 aromatic heterocycles. The van der Waals surface area contributed by atoms with E-state index in [9.17, 15) is 9.59 Å². The Hall–Kier alpha value is -4.67. The van der Waals surface area contributed by atoms with Crippen molar-refractivity contribution in [3.05, 3.63) is 131 Å². The molecule has 0 aliphatic carbocycles. The molecule has 0 N–H and O–H groups in total. The highest BCUT2D eigenvalue weighted by Crippen LogP contribution is 2.38. The van der Waals surface area contributed by atoms with Crippen molar-refractivity contribution in [2.24, 2.45) is 4.99 Å². The van der Waals surface area contributed by atoms with Crippen LogP contribution in [0.2, 0.25) is 0 Å². The van der Waals surface area contributed by atoms with Gasteiger partial charge in [0.1, 0.15) is 18.4 Å². The lowest BCUT2D eigenvalue weighted by atomic mass is 9.93. The van der Waals surface area contributed by atoms with Crippen LogP contribution in [0.1, 0.15) is 49.4 Å². The number of rotatable bonds is 11. The van der Waals surface area contributed by atoms with Crippen LogP contribution in [0.3, 0.4) is 0 Å². The molecule has 246 valence electrons. The summed E-state index contributed by atoms with van der Waals surface area (Å²) in [5.41, 5.74) is 3.14. The third-order valence-corrected chi connectivity index (χ3v) is 9.60. The van der Waals surface area contributed by atoms with Crippen molar-refractivity contribution in [2.45, 2.75) is 39.3 Å². The molecule has 5 aromatic rings. The van der Waals surface area contributed by atoms with Crippen molar-refractivity contribution in [2.75, 3.05) is 20.8 Å². The molecular formula is C38H35BrN2O6S. The molecule has 0 saturated heterocycles. The van der Waals surface area contributed by atoms with Gasteiger partial charge in [0.2, 0.25) is 0 Å². The van der Waals surface area contributed by atoms with E-state index in [2.05, 4.69) is 40.2 Å². The van der Waals surface area contributed by atoms with Gasteiger partial charge in [0, 0.05) is 10.0 Å². The van der Waals surface area contributed by atoms with Crippen LogP contribution in [-0.2, 0) is 16.1 Å². The fourth-order valence-electron chi connectivity index (χ4n) is 5.95. The first kappa shape index (κ1) is 33.2. The Morgan fingerprint density at radius 3 is 2.50 bits per heavy atom. The van der Waals surface area contributed by atoms with Gasteiger partial charge in [-0.15, -0.1) is 0 Å². The van der Waals surface area contributed by atoms with Gasteiger partial charge in [-0.3, -0.25) is 9.36 Å². The summed E-state index contributed by atoms with van der Waals surface area (Å²) in [7, 11) is 3.16. The van der Waals surface area contributed by atoms with E-state index in [1.165, 1.54) is 11.3 Å². The van der Waals surface area contributed by atoms with Crippen molar-refractivity contribution in [3.63, 3.8) is 0 Å². The average Bonchev–Trinajstić information content (AvgIpc) is 3.40. The Kier molecular flexibility index (Phi) is 10.1. The van der Waals surface area contributed by atoms with Gasteiger partial charge in [-0.1, -0.05) is 89.1 Å². The maximum Gasteiger partial charge on any atom is 0.338 e. The summed E-state index contributed by atoms with van der Waals surface area (Å²) >= 11 is 4.84. The maximum atomic E-state index is 14.3. The van der Waals surface area contributed by atoms with Gasteiger partial charge in [0.25, 0.3) is 5.56 Å². The van der Waals surface area contributed by atoms with Gasteiger partial charge < -0.3 is 18.9 Å². The number of carbonyl (C=O) groups excluding carboxylic acids is 1. The van der Waals surface area contributed by atoms with Crippen LogP contribution in [0.4, 0.5) is 0 Å². The van der Waals surface area contributed by atoms with Crippen LogP contribution >= 0.6 is 27.3 Å². The minimum Gasteiger partial charge on any atom is -0.496 e. The third kappa shape index (κ3) is 6.55. The molecule has 4 aromatic carbocycles. The van der Waals surface area contributed by atoms with E-state index in [-0.39, 0.29) is 12.2 Å². The zero-order valence-corrected chi connectivity index (χ0v) is 29.5. The van der Waals surface area contributed by atoms with E-state index in [1.54, 1.807) is 25.7 Å². The van der Waals surface area contributed by atoms with Gasteiger partial charge in [-0.05, 0) is 71.7 Å². The lowest BCUT2D eigenvalue weighted by Gasteiger charge is -2.27. The number of methoxy groups -OCH3 is 2. The number of carbonyl (C=O) groups is 1. The topological polar surface area (TPSA) is 88.4 Å². The zero-order chi connectivity index (χ0) is 33.8. The lowest BCUT2D eigenvalue weighted by molar-refractivity contribution is -0.139. The number of allylic oxidation sites excluding steroid dienone is 1. The Morgan fingerprint density at radius 1 is 0.958 bits per heavy atom. The van der Waals surface area contributed by atoms with Crippen molar-refractivity contribution >= 4 is 50.1 Å². The number of aromatic nitrogens is 1. The highest BCUT2D eigenvalue weighted by molar-refractivity contribution is 9.10. The van der Waals surface area contributed by atoms with Gasteiger partial charge in [0.05, 0.1) is 36.6 Å². The summed E-state index contributed by atoms with van der Waals surface area (Å²) in [4.78, 5) is 33.2. The predicted molar refractivity (Wildman–Crippen MR) is 192 cm³/mol. The Balaban J connectivity index is 1.42. The van der Waals surface area contributed by atoms with E-state index in [0.29, 0.717) is 56.4 Å². The van der Waals surface area contributed by atoms with Crippen molar-refractivity contribution in [1.82, 2.24) is 4.57 Å². The number of fused-ring (bicyclic) bond motifs is 2. The van der Waals surface area contributed by atoms with Crippen LogP contribution in [0, 0.1) is 0 Å². The highest BCUT2D eigenvalue weighted by Gasteiger charge is 2.36. The molecule has 0 fully saturated rings. The highest BCUT2D eigenvalue weighted by atomic mass is 79.9. The molecule has 1 aliphatic rings. The molecule has 2 heterocycles. The third-order valence-electron chi connectivity index (χ3n) is 8.13. The fraction of sp³-hybridized carbons (Fsp3) is 0.237. The summed E-state index contributed by atoms with van der Waals surface area (Å²) in [6.07, 6.45) is 3.11. The number of esters is 1. The minimum absolute atomic E-state index is 0.192. The molecule has 1 atom stereocenters. The number of halogens is 1. The van der Waals surface area contributed by atoms with Gasteiger partial charge >= 0.3 is 5.97 Å². The first-order valence-corrected chi connectivity index (χ1v) is 17.3. The summed E-state index contributed by atoms with van der Waals surface area (Å²) in [5.74, 6) is 1.17. The second kappa shape index (κ2) is 14.6. The average molecular weight is 728 g/mol. The first-order valence-electron chi connectivity index (χ1n) is 15.7. The quantitative estimate of drug-likeness (QED) is 0.135. The largest absolute Gasteiger partial charge is 0.496 e. The van der Waals surface area contributed by atoms with Crippen LogP contribution in [0.25, 0.3) is 16.8 Å². The molecule has 0 bridgehead atoms.